The van der Waals surface area contributed by atoms with Crippen LogP contribution in [0.1, 0.15) is 19.8 Å². The molecule has 2 heterocycles. The summed E-state index contributed by atoms with van der Waals surface area (Å²) in [6.45, 7) is 2.62. The molecule has 1 aliphatic rings. The Morgan fingerprint density at radius 2 is 2.27 bits per heavy atom. The zero-order valence-electron chi connectivity index (χ0n) is 8.31. The fraction of sp³-hybridized carbons (Fsp3) is 0.556. The van der Waals surface area contributed by atoms with Gasteiger partial charge in [-0.15, -0.1) is 11.3 Å². The first-order valence-electron chi connectivity index (χ1n) is 4.79. The molecule has 6 heteroatoms. The van der Waals surface area contributed by atoms with Crippen molar-refractivity contribution >= 4 is 37.3 Å². The summed E-state index contributed by atoms with van der Waals surface area (Å²) in [6, 6.07) is 3.57. The third-order valence-corrected chi connectivity index (χ3v) is 6.71. The van der Waals surface area contributed by atoms with Crippen molar-refractivity contribution < 1.29 is 8.42 Å². The molecule has 0 saturated carbocycles. The molecule has 0 N–H and O–H groups in total. The van der Waals surface area contributed by atoms with Crippen LogP contribution in [0.5, 0.6) is 0 Å². The second-order valence-corrected chi connectivity index (χ2v) is 8.25. The van der Waals surface area contributed by atoms with E-state index in [-0.39, 0.29) is 6.04 Å². The molecule has 1 atom stereocenters. The Hall–Kier alpha value is 0.0900. The van der Waals surface area contributed by atoms with Crippen molar-refractivity contribution in [1.82, 2.24) is 4.31 Å². The van der Waals surface area contributed by atoms with Gasteiger partial charge in [0, 0.05) is 12.6 Å². The SMILES string of the molecule is C[C@H]1CCCN1S(=O)(=O)c1ccc(Br)s1. The number of hydrogen-bond acceptors (Lipinski definition) is 3. The van der Waals surface area contributed by atoms with Crippen LogP contribution in [0, 0.1) is 0 Å². The molecule has 1 aromatic heterocycles. The summed E-state index contributed by atoms with van der Waals surface area (Å²) in [4.78, 5) is 0. The van der Waals surface area contributed by atoms with Crippen LogP contribution in [0.15, 0.2) is 20.1 Å². The number of thiophene rings is 1. The van der Waals surface area contributed by atoms with Crippen molar-refractivity contribution in [1.29, 1.82) is 0 Å². The monoisotopic (exact) mass is 309 g/mol. The van der Waals surface area contributed by atoms with E-state index in [9.17, 15) is 8.42 Å². The molecular formula is C9H12BrNO2S2. The van der Waals surface area contributed by atoms with Crippen molar-refractivity contribution in [2.75, 3.05) is 6.54 Å². The van der Waals surface area contributed by atoms with E-state index >= 15 is 0 Å². The maximum atomic E-state index is 12.2. The maximum Gasteiger partial charge on any atom is 0.252 e. The highest BCUT2D eigenvalue weighted by Crippen LogP contribution is 2.31. The van der Waals surface area contributed by atoms with E-state index in [4.69, 9.17) is 0 Å². The lowest BCUT2D eigenvalue weighted by Gasteiger charge is -2.19. The van der Waals surface area contributed by atoms with E-state index in [2.05, 4.69) is 15.9 Å². The molecule has 1 aliphatic heterocycles. The van der Waals surface area contributed by atoms with Crippen molar-refractivity contribution in [3.8, 4) is 0 Å². The number of rotatable bonds is 2. The fourth-order valence-corrected chi connectivity index (χ4v) is 5.65. The fourth-order valence-electron chi connectivity index (χ4n) is 1.82. The van der Waals surface area contributed by atoms with E-state index < -0.39 is 10.0 Å². The van der Waals surface area contributed by atoms with Gasteiger partial charge in [-0.3, -0.25) is 0 Å². The van der Waals surface area contributed by atoms with Gasteiger partial charge in [-0.25, -0.2) is 8.42 Å². The summed E-state index contributed by atoms with van der Waals surface area (Å²) in [5.41, 5.74) is 0. The minimum atomic E-state index is -3.25. The third kappa shape index (κ3) is 2.13. The molecule has 1 saturated heterocycles. The van der Waals surface area contributed by atoms with Crippen molar-refractivity contribution in [3.63, 3.8) is 0 Å². The smallest absolute Gasteiger partial charge is 0.206 e. The lowest BCUT2D eigenvalue weighted by atomic mass is 10.3. The highest BCUT2D eigenvalue weighted by Gasteiger charge is 2.33. The van der Waals surface area contributed by atoms with Gasteiger partial charge in [0.15, 0.2) is 0 Å². The first-order chi connectivity index (χ1) is 7.01. The molecule has 0 radical (unpaired) electrons. The van der Waals surface area contributed by atoms with Crippen LogP contribution >= 0.6 is 27.3 Å². The van der Waals surface area contributed by atoms with Gasteiger partial charge in [-0.1, -0.05) is 0 Å². The van der Waals surface area contributed by atoms with Crippen LogP contribution in [0.3, 0.4) is 0 Å². The number of nitrogens with zero attached hydrogens (tertiary/aromatic N) is 1. The molecule has 84 valence electrons. The van der Waals surface area contributed by atoms with Gasteiger partial charge in [-0.2, -0.15) is 4.31 Å². The Labute approximate surface area is 102 Å². The van der Waals surface area contributed by atoms with E-state index in [0.29, 0.717) is 10.8 Å². The van der Waals surface area contributed by atoms with Crippen LogP contribution < -0.4 is 0 Å². The van der Waals surface area contributed by atoms with Crippen LogP contribution in [0.4, 0.5) is 0 Å². The van der Waals surface area contributed by atoms with Gasteiger partial charge in [0.2, 0.25) is 0 Å². The average Bonchev–Trinajstić information content (AvgIpc) is 2.74. The van der Waals surface area contributed by atoms with Crippen LogP contribution in [-0.2, 0) is 10.0 Å². The highest BCUT2D eigenvalue weighted by molar-refractivity contribution is 9.11. The maximum absolute atomic E-state index is 12.2. The molecule has 2 rings (SSSR count). The van der Waals surface area contributed by atoms with E-state index in [1.165, 1.54) is 11.3 Å². The Balaban J connectivity index is 2.34. The number of hydrogen-bond donors (Lipinski definition) is 0. The van der Waals surface area contributed by atoms with Crippen LogP contribution in [-0.4, -0.2) is 25.3 Å². The molecule has 3 nitrogen and oxygen atoms in total. The molecule has 0 spiro atoms. The molecular weight excluding hydrogens is 298 g/mol. The van der Waals surface area contributed by atoms with Gasteiger partial charge in [0.05, 0.1) is 3.79 Å². The molecule has 0 unspecified atom stereocenters. The van der Waals surface area contributed by atoms with Gasteiger partial charge in [0.25, 0.3) is 10.0 Å². The molecule has 0 amide bonds. The summed E-state index contributed by atoms with van der Waals surface area (Å²) >= 11 is 4.55. The Morgan fingerprint density at radius 3 is 2.73 bits per heavy atom. The topological polar surface area (TPSA) is 37.4 Å². The van der Waals surface area contributed by atoms with Gasteiger partial charge in [-0.05, 0) is 47.8 Å². The summed E-state index contributed by atoms with van der Waals surface area (Å²) in [6.07, 6.45) is 1.93. The van der Waals surface area contributed by atoms with Gasteiger partial charge >= 0.3 is 0 Å². The summed E-state index contributed by atoms with van der Waals surface area (Å²) in [7, 11) is -3.25. The van der Waals surface area contributed by atoms with Gasteiger partial charge in [0.1, 0.15) is 4.21 Å². The summed E-state index contributed by atoms with van der Waals surface area (Å²) in [5.74, 6) is 0. The standard InChI is InChI=1S/C9H12BrNO2S2/c1-7-3-2-6-11(7)15(12,13)9-5-4-8(10)14-9/h4-5,7H,2-3,6H2,1H3/t7-/m0/s1. The minimum Gasteiger partial charge on any atom is -0.206 e. The first-order valence-corrected chi connectivity index (χ1v) is 7.84. The summed E-state index contributed by atoms with van der Waals surface area (Å²) < 4.78 is 27.2. The first kappa shape index (κ1) is 11.6. The number of halogens is 1. The lowest BCUT2D eigenvalue weighted by Crippen LogP contribution is -2.33. The zero-order valence-corrected chi connectivity index (χ0v) is 11.5. The van der Waals surface area contributed by atoms with Crippen molar-refractivity contribution in [3.05, 3.63) is 15.9 Å². The quantitative estimate of drug-likeness (QED) is 0.842. The van der Waals surface area contributed by atoms with E-state index in [1.807, 2.05) is 6.92 Å². The molecule has 0 aliphatic carbocycles. The van der Waals surface area contributed by atoms with Crippen LogP contribution in [0.25, 0.3) is 0 Å². The Morgan fingerprint density at radius 1 is 1.53 bits per heavy atom. The van der Waals surface area contributed by atoms with Crippen molar-refractivity contribution in [2.24, 2.45) is 0 Å². The van der Waals surface area contributed by atoms with Gasteiger partial charge < -0.3 is 0 Å². The van der Waals surface area contributed by atoms with E-state index in [0.717, 1.165) is 16.6 Å². The second kappa shape index (κ2) is 4.16. The normalized spacial score (nSPS) is 23.5. The van der Waals surface area contributed by atoms with E-state index in [1.54, 1.807) is 16.4 Å². The lowest BCUT2D eigenvalue weighted by molar-refractivity contribution is 0.409. The molecule has 0 bridgehead atoms. The predicted octanol–water partition coefficient (Wildman–Crippen LogP) is 2.68. The largest absolute Gasteiger partial charge is 0.252 e. The average molecular weight is 310 g/mol. The minimum absolute atomic E-state index is 0.135. The molecule has 15 heavy (non-hydrogen) atoms. The van der Waals surface area contributed by atoms with Crippen LogP contribution in [0.2, 0.25) is 0 Å². The summed E-state index contributed by atoms with van der Waals surface area (Å²) in [5, 5.41) is 0. The highest BCUT2D eigenvalue weighted by atomic mass is 79.9. The molecule has 1 fully saturated rings. The molecule has 0 aromatic carbocycles. The third-order valence-electron chi connectivity index (χ3n) is 2.60. The molecule has 1 aromatic rings. The second-order valence-electron chi connectivity index (χ2n) is 3.67. The zero-order chi connectivity index (χ0) is 11.1. The number of sulfonamides is 1. The van der Waals surface area contributed by atoms with Crippen molar-refractivity contribution in [2.45, 2.75) is 30.0 Å². The Bertz CT molecular complexity index is 454. The Kier molecular flexibility index (Phi) is 3.21. The predicted molar refractivity (Wildman–Crippen MR) is 64.6 cm³/mol.